The zero-order valence-electron chi connectivity index (χ0n) is 23.5. The lowest BCUT2D eigenvalue weighted by molar-refractivity contribution is -0.203. The number of rotatable bonds is 8. The Bertz CT molecular complexity index is 941. The fraction of sp³-hybridized carbons (Fsp3) is 0.966. The molecule has 0 saturated heterocycles. The topological polar surface area (TPSA) is 124 Å². The van der Waals surface area contributed by atoms with Crippen LogP contribution in [0.1, 0.15) is 98.8 Å². The van der Waals surface area contributed by atoms with Crippen molar-refractivity contribution >= 4 is 16.0 Å². The van der Waals surface area contributed by atoms with Crippen molar-refractivity contribution in [3.05, 3.63) is 0 Å². The summed E-state index contributed by atoms with van der Waals surface area (Å²) in [6.45, 7) is 10.7. The molecular weight excluding hydrogens is 490 g/mol. The number of nitrogens with one attached hydrogen (secondary N) is 1. The summed E-state index contributed by atoms with van der Waals surface area (Å²) in [7, 11) is -4.15. The Morgan fingerprint density at radius 1 is 1.00 bits per heavy atom. The Morgan fingerprint density at radius 2 is 1.65 bits per heavy atom. The van der Waals surface area contributed by atoms with E-state index in [2.05, 4.69) is 33.0 Å². The van der Waals surface area contributed by atoms with Gasteiger partial charge in [0.2, 0.25) is 5.91 Å². The smallest absolute Gasteiger partial charge is 0.269 e. The SMILES string of the molecule is CC[C@H]1[C@@H](O)[C@@H]2[C@H](CC[C@]3(C)[C@@H]([C@H](C)CCC(=O)NC[C@@H](C)S(=O)(=O)O)CC[C@@H]23)[C@@]2(C)CC[C@@H](O)C[C@@H]12. The first kappa shape index (κ1) is 29.3. The number of fused-ring (bicyclic) bond motifs is 5. The summed E-state index contributed by atoms with van der Waals surface area (Å²) >= 11 is 0. The van der Waals surface area contributed by atoms with E-state index in [9.17, 15) is 23.4 Å². The zero-order valence-corrected chi connectivity index (χ0v) is 24.3. The molecule has 0 aliphatic heterocycles. The highest BCUT2D eigenvalue weighted by Crippen LogP contribution is 2.69. The van der Waals surface area contributed by atoms with E-state index in [-0.39, 0.29) is 41.4 Å². The molecule has 4 saturated carbocycles. The zero-order chi connectivity index (χ0) is 27.3. The molecule has 0 heterocycles. The summed E-state index contributed by atoms with van der Waals surface area (Å²) in [6, 6.07) is 0. The van der Waals surface area contributed by atoms with E-state index < -0.39 is 15.4 Å². The van der Waals surface area contributed by atoms with Gasteiger partial charge in [0.25, 0.3) is 10.1 Å². The van der Waals surface area contributed by atoms with Gasteiger partial charge < -0.3 is 15.5 Å². The van der Waals surface area contributed by atoms with Gasteiger partial charge in [-0.2, -0.15) is 8.42 Å². The van der Waals surface area contributed by atoms with E-state index in [0.717, 1.165) is 51.4 Å². The van der Waals surface area contributed by atoms with Crippen molar-refractivity contribution in [1.82, 2.24) is 5.32 Å². The van der Waals surface area contributed by atoms with Crippen LogP contribution in [-0.2, 0) is 14.9 Å². The molecule has 0 aromatic carbocycles. The van der Waals surface area contributed by atoms with Crippen LogP contribution in [0.5, 0.6) is 0 Å². The highest BCUT2D eigenvalue weighted by Gasteiger charge is 2.64. The van der Waals surface area contributed by atoms with Crippen LogP contribution in [0.3, 0.4) is 0 Å². The second-order valence-electron chi connectivity index (χ2n) is 13.8. The third kappa shape index (κ3) is 5.26. The van der Waals surface area contributed by atoms with Gasteiger partial charge in [0.1, 0.15) is 5.25 Å². The molecule has 0 bridgehead atoms. The molecule has 12 atom stereocenters. The number of hydrogen-bond donors (Lipinski definition) is 4. The highest BCUT2D eigenvalue weighted by molar-refractivity contribution is 7.86. The van der Waals surface area contributed by atoms with Crippen molar-refractivity contribution in [2.45, 2.75) is 116 Å². The predicted molar refractivity (Wildman–Crippen MR) is 144 cm³/mol. The predicted octanol–water partition coefficient (Wildman–Crippen LogP) is 4.42. The molecule has 4 aliphatic rings. The molecular formula is C29H51NO6S. The van der Waals surface area contributed by atoms with Gasteiger partial charge in [-0.25, -0.2) is 0 Å². The molecule has 4 fully saturated rings. The maximum absolute atomic E-state index is 12.4. The van der Waals surface area contributed by atoms with E-state index in [1.165, 1.54) is 13.3 Å². The van der Waals surface area contributed by atoms with Crippen LogP contribution in [0.15, 0.2) is 0 Å². The van der Waals surface area contributed by atoms with Gasteiger partial charge in [-0.3, -0.25) is 9.35 Å². The van der Waals surface area contributed by atoms with Crippen LogP contribution in [0.4, 0.5) is 0 Å². The van der Waals surface area contributed by atoms with Crippen LogP contribution in [-0.4, -0.2) is 53.1 Å². The van der Waals surface area contributed by atoms with Crippen molar-refractivity contribution in [2.24, 2.45) is 52.3 Å². The fourth-order valence-corrected chi connectivity index (χ4v) is 10.2. The maximum Gasteiger partial charge on any atom is 0.269 e. The van der Waals surface area contributed by atoms with Crippen molar-refractivity contribution < 1.29 is 28.0 Å². The minimum absolute atomic E-state index is 0.0778. The van der Waals surface area contributed by atoms with Gasteiger partial charge in [-0.05, 0) is 111 Å². The third-order valence-electron chi connectivity index (χ3n) is 12.1. The summed E-state index contributed by atoms with van der Waals surface area (Å²) in [4.78, 5) is 12.4. The molecule has 4 rings (SSSR count). The van der Waals surface area contributed by atoms with E-state index in [1.807, 2.05) is 0 Å². The minimum Gasteiger partial charge on any atom is -0.393 e. The normalized spacial score (nSPS) is 45.3. The molecule has 0 unspecified atom stereocenters. The largest absolute Gasteiger partial charge is 0.393 e. The molecule has 0 spiro atoms. The van der Waals surface area contributed by atoms with E-state index in [1.54, 1.807) is 0 Å². The first-order valence-electron chi connectivity index (χ1n) is 14.8. The second kappa shape index (κ2) is 10.7. The average molecular weight is 542 g/mol. The molecule has 0 aromatic heterocycles. The molecule has 0 radical (unpaired) electrons. The second-order valence-corrected chi connectivity index (χ2v) is 15.6. The van der Waals surface area contributed by atoms with E-state index in [0.29, 0.717) is 41.9 Å². The van der Waals surface area contributed by atoms with Crippen LogP contribution in [0, 0.1) is 52.3 Å². The van der Waals surface area contributed by atoms with Gasteiger partial charge in [-0.1, -0.05) is 34.1 Å². The van der Waals surface area contributed by atoms with Gasteiger partial charge in [0, 0.05) is 13.0 Å². The van der Waals surface area contributed by atoms with Crippen LogP contribution < -0.4 is 5.32 Å². The number of hydrogen-bond acceptors (Lipinski definition) is 5. The van der Waals surface area contributed by atoms with E-state index >= 15 is 0 Å². The summed E-state index contributed by atoms with van der Waals surface area (Å²) in [6.07, 6.45) is 8.92. The fourth-order valence-electron chi connectivity index (χ4n) is 9.94. The molecule has 0 aromatic rings. The number of aliphatic hydroxyl groups is 2. The van der Waals surface area contributed by atoms with Crippen molar-refractivity contribution in [2.75, 3.05) is 6.54 Å². The molecule has 1 amide bonds. The average Bonchev–Trinajstić information content (AvgIpc) is 3.19. The molecule has 8 heteroatoms. The number of aliphatic hydroxyl groups excluding tert-OH is 2. The molecule has 37 heavy (non-hydrogen) atoms. The first-order valence-corrected chi connectivity index (χ1v) is 16.3. The Morgan fingerprint density at radius 3 is 2.30 bits per heavy atom. The standard InChI is InChI=1S/C29H51NO6S/c1-6-20-24-15-19(31)11-13-29(24,5)23-12-14-28(4)21(8-9-22(28)26(23)27(20)33)17(2)7-10-25(32)30-16-18(3)37(34,35)36/h17-24,26-27,31,33H,6-16H2,1-5H3,(H,30,32)(H,34,35,36)/t17-,18-,19-,20-,21-,22+,23+,24+,26+,27-,28-,29-/m1/s1. The number of carbonyl (C=O) groups is 1. The lowest BCUT2D eigenvalue weighted by Crippen LogP contribution is -2.62. The molecule has 7 nitrogen and oxygen atoms in total. The van der Waals surface area contributed by atoms with Gasteiger partial charge in [0.15, 0.2) is 0 Å². The highest BCUT2D eigenvalue weighted by atomic mass is 32.2. The van der Waals surface area contributed by atoms with Crippen LogP contribution in [0.25, 0.3) is 0 Å². The van der Waals surface area contributed by atoms with Gasteiger partial charge >= 0.3 is 0 Å². The summed E-state index contributed by atoms with van der Waals surface area (Å²) in [5.74, 6) is 2.71. The summed E-state index contributed by atoms with van der Waals surface area (Å²) < 4.78 is 31.5. The Balaban J connectivity index is 1.44. The van der Waals surface area contributed by atoms with Crippen molar-refractivity contribution in [3.8, 4) is 0 Å². The van der Waals surface area contributed by atoms with Gasteiger partial charge in [-0.15, -0.1) is 0 Å². The molecule has 214 valence electrons. The van der Waals surface area contributed by atoms with Crippen molar-refractivity contribution in [1.29, 1.82) is 0 Å². The quantitative estimate of drug-likeness (QED) is 0.337. The Hall–Kier alpha value is -0.700. The Kier molecular flexibility index (Phi) is 8.47. The first-order chi connectivity index (χ1) is 17.2. The summed E-state index contributed by atoms with van der Waals surface area (Å²) in [5, 5.41) is 24.0. The van der Waals surface area contributed by atoms with Gasteiger partial charge in [0.05, 0.1) is 12.2 Å². The molecule has 4 aliphatic carbocycles. The molecule has 4 N–H and O–H groups in total. The van der Waals surface area contributed by atoms with Crippen LogP contribution in [0.2, 0.25) is 0 Å². The maximum atomic E-state index is 12.4. The minimum atomic E-state index is -4.15. The lowest BCUT2D eigenvalue weighted by atomic mass is 9.41. The van der Waals surface area contributed by atoms with Crippen molar-refractivity contribution in [3.63, 3.8) is 0 Å². The monoisotopic (exact) mass is 541 g/mol. The Labute approximate surface area is 224 Å². The van der Waals surface area contributed by atoms with E-state index in [4.69, 9.17) is 4.55 Å². The third-order valence-corrected chi connectivity index (χ3v) is 13.3. The lowest BCUT2D eigenvalue weighted by Gasteiger charge is -2.64. The number of amides is 1. The number of carbonyl (C=O) groups excluding carboxylic acids is 1. The summed E-state index contributed by atoms with van der Waals surface area (Å²) in [5.41, 5.74) is 0.360. The van der Waals surface area contributed by atoms with Crippen LogP contribution >= 0.6 is 0 Å².